The highest BCUT2D eigenvalue weighted by molar-refractivity contribution is 6.32. The largest absolute Gasteiger partial charge is 0.493 e. The number of aliphatic hydroxyl groups excluding tert-OH is 1. The summed E-state index contributed by atoms with van der Waals surface area (Å²) in [5, 5.41) is 10.6. The number of rotatable bonds is 7. The van der Waals surface area contributed by atoms with Crippen molar-refractivity contribution in [2.24, 2.45) is 5.41 Å². The van der Waals surface area contributed by atoms with Crippen LogP contribution in [0.3, 0.4) is 0 Å². The fraction of sp³-hybridized carbons (Fsp3) is 0.536. The third-order valence-corrected chi connectivity index (χ3v) is 7.99. The van der Waals surface area contributed by atoms with Crippen molar-refractivity contribution in [1.82, 2.24) is 14.8 Å². The number of hydrogen-bond donors (Lipinski definition) is 1. The molecule has 2 fully saturated rings. The van der Waals surface area contributed by atoms with E-state index in [9.17, 15) is 14.7 Å². The molecule has 2 aromatic rings. The van der Waals surface area contributed by atoms with Gasteiger partial charge in [0.25, 0.3) is 0 Å². The smallest absolute Gasteiger partial charge is 0.227 e. The van der Waals surface area contributed by atoms with Crippen LogP contribution in [-0.4, -0.2) is 70.6 Å². The van der Waals surface area contributed by atoms with Gasteiger partial charge in [0.15, 0.2) is 0 Å². The minimum absolute atomic E-state index is 0.0406. The summed E-state index contributed by atoms with van der Waals surface area (Å²) in [6, 6.07) is 7.59. The van der Waals surface area contributed by atoms with Crippen molar-refractivity contribution >= 4 is 23.4 Å². The second kappa shape index (κ2) is 11.6. The molecule has 0 spiro atoms. The van der Waals surface area contributed by atoms with Crippen LogP contribution in [-0.2, 0) is 16.0 Å². The fourth-order valence-electron chi connectivity index (χ4n) is 5.30. The number of nitrogens with zero attached hydrogens (tertiary/aromatic N) is 3. The summed E-state index contributed by atoms with van der Waals surface area (Å²) in [6.07, 6.45) is 6.51. The van der Waals surface area contributed by atoms with Gasteiger partial charge in [0.2, 0.25) is 11.8 Å². The number of benzene rings is 1. The SMILES string of the molecule is Cc1cc(OC[C@]2(CC(=O)N3CCC(O)CC3)CCCN(C(=O)Cc3cccnc3)C2)cc(C)c1Cl. The predicted octanol–water partition coefficient (Wildman–Crippen LogP) is 3.96. The number of aryl methyl sites for hydroxylation is 2. The summed E-state index contributed by atoms with van der Waals surface area (Å²) in [5.74, 6) is 0.829. The highest BCUT2D eigenvalue weighted by Gasteiger charge is 2.41. The third-order valence-electron chi connectivity index (χ3n) is 7.39. The molecule has 2 aliphatic heterocycles. The third kappa shape index (κ3) is 6.56. The summed E-state index contributed by atoms with van der Waals surface area (Å²) in [4.78, 5) is 34.4. The van der Waals surface area contributed by atoms with Gasteiger partial charge < -0.3 is 19.6 Å². The molecule has 1 N–H and O–H groups in total. The zero-order valence-electron chi connectivity index (χ0n) is 21.2. The zero-order chi connectivity index (χ0) is 25.7. The van der Waals surface area contributed by atoms with Crippen molar-refractivity contribution in [3.8, 4) is 5.75 Å². The lowest BCUT2D eigenvalue weighted by atomic mass is 9.77. The molecule has 0 radical (unpaired) electrons. The lowest BCUT2D eigenvalue weighted by Crippen LogP contribution is -2.52. The van der Waals surface area contributed by atoms with Gasteiger partial charge in [0.05, 0.1) is 19.1 Å². The van der Waals surface area contributed by atoms with Crippen molar-refractivity contribution in [3.63, 3.8) is 0 Å². The molecule has 0 unspecified atom stereocenters. The second-order valence-electron chi connectivity index (χ2n) is 10.4. The van der Waals surface area contributed by atoms with Crippen molar-refractivity contribution in [2.45, 2.75) is 58.5 Å². The average molecular weight is 514 g/mol. The maximum absolute atomic E-state index is 13.4. The molecule has 3 heterocycles. The van der Waals surface area contributed by atoms with Gasteiger partial charge in [-0.05, 0) is 74.4 Å². The normalized spacial score (nSPS) is 20.9. The summed E-state index contributed by atoms with van der Waals surface area (Å²) in [5.41, 5.74) is 2.28. The molecule has 0 saturated carbocycles. The van der Waals surface area contributed by atoms with Crippen LogP contribution in [0.15, 0.2) is 36.7 Å². The molecule has 36 heavy (non-hydrogen) atoms. The minimum Gasteiger partial charge on any atom is -0.493 e. The lowest BCUT2D eigenvalue weighted by Gasteiger charge is -2.43. The highest BCUT2D eigenvalue weighted by Crippen LogP contribution is 2.36. The quantitative estimate of drug-likeness (QED) is 0.606. The number of halogens is 1. The van der Waals surface area contributed by atoms with Gasteiger partial charge in [-0.25, -0.2) is 0 Å². The Morgan fingerprint density at radius 2 is 1.86 bits per heavy atom. The Hall–Kier alpha value is -2.64. The van der Waals surface area contributed by atoms with Gasteiger partial charge >= 0.3 is 0 Å². The van der Waals surface area contributed by atoms with Crippen molar-refractivity contribution in [2.75, 3.05) is 32.8 Å². The summed E-state index contributed by atoms with van der Waals surface area (Å²) in [7, 11) is 0. The summed E-state index contributed by atoms with van der Waals surface area (Å²) < 4.78 is 6.30. The Labute approximate surface area is 218 Å². The van der Waals surface area contributed by atoms with Gasteiger partial charge in [-0.3, -0.25) is 14.6 Å². The number of amides is 2. The first-order valence-electron chi connectivity index (χ1n) is 12.8. The number of likely N-dealkylation sites (tertiary alicyclic amines) is 2. The first-order chi connectivity index (χ1) is 17.2. The average Bonchev–Trinajstić information content (AvgIpc) is 2.87. The number of carbonyl (C=O) groups excluding carboxylic acids is 2. The molecular weight excluding hydrogens is 478 g/mol. The first kappa shape index (κ1) is 26.4. The van der Waals surface area contributed by atoms with E-state index in [0.29, 0.717) is 52.0 Å². The molecule has 7 nitrogen and oxygen atoms in total. The van der Waals surface area contributed by atoms with E-state index in [2.05, 4.69) is 4.98 Å². The van der Waals surface area contributed by atoms with Crippen molar-refractivity contribution in [1.29, 1.82) is 0 Å². The van der Waals surface area contributed by atoms with Crippen LogP contribution in [0.4, 0.5) is 0 Å². The molecule has 1 atom stereocenters. The van der Waals surface area contributed by atoms with Crippen LogP contribution in [0.2, 0.25) is 5.02 Å². The predicted molar refractivity (Wildman–Crippen MR) is 139 cm³/mol. The molecule has 2 aliphatic rings. The Kier molecular flexibility index (Phi) is 8.52. The molecule has 0 aliphatic carbocycles. The first-order valence-corrected chi connectivity index (χ1v) is 13.1. The molecule has 2 amide bonds. The molecule has 8 heteroatoms. The van der Waals surface area contributed by atoms with E-state index >= 15 is 0 Å². The fourth-order valence-corrected chi connectivity index (χ4v) is 5.41. The Balaban J connectivity index is 1.51. The van der Waals surface area contributed by atoms with Gasteiger partial charge in [0.1, 0.15) is 5.75 Å². The van der Waals surface area contributed by atoms with E-state index in [-0.39, 0.29) is 24.3 Å². The standard InChI is InChI=1S/C28H36ClN3O4/c1-20-13-24(14-21(2)27(20)29)36-19-28(16-26(35)31-11-6-23(33)7-12-31)8-4-10-32(18-28)25(34)15-22-5-3-9-30-17-22/h3,5,9,13-14,17,23,33H,4,6-8,10-12,15-16,18-19H2,1-2H3/t28-/m0/s1. The molecule has 0 bridgehead atoms. The van der Waals surface area contributed by atoms with Gasteiger partial charge in [0, 0.05) is 55.4 Å². The monoisotopic (exact) mass is 513 g/mol. The van der Waals surface area contributed by atoms with Crippen LogP contribution in [0.25, 0.3) is 0 Å². The molecule has 194 valence electrons. The van der Waals surface area contributed by atoms with Gasteiger partial charge in [-0.1, -0.05) is 17.7 Å². The maximum atomic E-state index is 13.4. The summed E-state index contributed by atoms with van der Waals surface area (Å²) >= 11 is 6.34. The van der Waals surface area contributed by atoms with E-state index in [4.69, 9.17) is 16.3 Å². The van der Waals surface area contributed by atoms with Gasteiger partial charge in [-0.2, -0.15) is 0 Å². The number of carbonyl (C=O) groups is 2. The maximum Gasteiger partial charge on any atom is 0.227 e. The van der Waals surface area contributed by atoms with E-state index in [1.807, 2.05) is 47.9 Å². The van der Waals surface area contributed by atoms with Crippen LogP contribution < -0.4 is 4.74 Å². The Morgan fingerprint density at radius 1 is 1.14 bits per heavy atom. The number of pyridine rings is 1. The number of aromatic nitrogens is 1. The van der Waals surface area contributed by atoms with E-state index in [1.165, 1.54) is 0 Å². The van der Waals surface area contributed by atoms with Crippen LogP contribution in [0.1, 0.15) is 48.8 Å². The van der Waals surface area contributed by atoms with Gasteiger partial charge in [-0.15, -0.1) is 0 Å². The number of aliphatic hydroxyl groups is 1. The van der Waals surface area contributed by atoms with Crippen LogP contribution >= 0.6 is 11.6 Å². The summed E-state index contributed by atoms with van der Waals surface area (Å²) in [6.45, 7) is 6.51. The molecule has 2 saturated heterocycles. The second-order valence-corrected chi connectivity index (χ2v) is 10.8. The zero-order valence-corrected chi connectivity index (χ0v) is 22.0. The molecule has 1 aromatic carbocycles. The highest BCUT2D eigenvalue weighted by atomic mass is 35.5. The lowest BCUT2D eigenvalue weighted by molar-refractivity contribution is -0.142. The molecule has 4 rings (SSSR count). The number of ether oxygens (including phenoxy) is 1. The molecule has 1 aromatic heterocycles. The minimum atomic E-state index is -0.489. The van der Waals surface area contributed by atoms with E-state index in [0.717, 1.165) is 40.3 Å². The van der Waals surface area contributed by atoms with Crippen LogP contribution in [0.5, 0.6) is 5.75 Å². The van der Waals surface area contributed by atoms with E-state index < -0.39 is 5.41 Å². The topological polar surface area (TPSA) is 83.0 Å². The van der Waals surface area contributed by atoms with Crippen molar-refractivity contribution < 1.29 is 19.4 Å². The van der Waals surface area contributed by atoms with Crippen LogP contribution in [0, 0.1) is 19.3 Å². The number of hydrogen-bond acceptors (Lipinski definition) is 5. The Morgan fingerprint density at radius 3 is 2.53 bits per heavy atom. The number of piperidine rings is 2. The van der Waals surface area contributed by atoms with Crippen molar-refractivity contribution in [3.05, 3.63) is 58.4 Å². The van der Waals surface area contributed by atoms with E-state index in [1.54, 1.807) is 12.4 Å². The molecular formula is C28H36ClN3O4. The Bertz CT molecular complexity index is 1050.